The van der Waals surface area contributed by atoms with Crippen LogP contribution in [-0.2, 0) is 4.74 Å². The van der Waals surface area contributed by atoms with Gasteiger partial charge in [-0.05, 0) is 12.8 Å². The normalized spacial score (nSPS) is 22.4. The van der Waals surface area contributed by atoms with Crippen molar-refractivity contribution in [2.45, 2.75) is 25.9 Å². The Hall–Kier alpha value is -1.47. The van der Waals surface area contributed by atoms with Gasteiger partial charge in [0.25, 0.3) is 0 Å². The number of anilines is 1. The number of hydrogen-bond donors (Lipinski definition) is 1. The van der Waals surface area contributed by atoms with E-state index in [-0.39, 0.29) is 22.8 Å². The highest BCUT2D eigenvalue weighted by atomic mass is 35.5. The maximum atomic E-state index is 10.9. The Morgan fingerprint density at radius 2 is 2.42 bits per heavy atom. The molecule has 8 heteroatoms. The van der Waals surface area contributed by atoms with Gasteiger partial charge in [0, 0.05) is 19.1 Å². The highest BCUT2D eigenvalue weighted by Gasteiger charge is 2.28. The monoisotopic (exact) mass is 286 g/mol. The number of nitro groups is 1. The van der Waals surface area contributed by atoms with Gasteiger partial charge < -0.3 is 10.1 Å². The lowest BCUT2D eigenvalue weighted by Gasteiger charge is -2.17. The van der Waals surface area contributed by atoms with Crippen LogP contribution in [0.15, 0.2) is 6.33 Å². The van der Waals surface area contributed by atoms with Crippen LogP contribution in [0, 0.1) is 16.0 Å². The average molecular weight is 287 g/mol. The van der Waals surface area contributed by atoms with E-state index < -0.39 is 4.92 Å². The molecule has 104 valence electrons. The van der Waals surface area contributed by atoms with Gasteiger partial charge in [0.1, 0.15) is 6.33 Å². The van der Waals surface area contributed by atoms with E-state index in [4.69, 9.17) is 16.3 Å². The number of aromatic nitrogens is 2. The summed E-state index contributed by atoms with van der Waals surface area (Å²) in [5.41, 5.74) is -0.281. The first kappa shape index (κ1) is 14.0. The van der Waals surface area contributed by atoms with Crippen LogP contribution in [-0.4, -0.2) is 34.1 Å². The molecule has 1 N–H and O–H groups in total. The van der Waals surface area contributed by atoms with Gasteiger partial charge >= 0.3 is 5.69 Å². The van der Waals surface area contributed by atoms with Crippen LogP contribution in [0.4, 0.5) is 11.5 Å². The molecule has 1 aliphatic rings. The first-order valence-electron chi connectivity index (χ1n) is 6.13. The average Bonchev–Trinajstić information content (AvgIpc) is 2.83. The lowest BCUT2D eigenvalue weighted by Crippen LogP contribution is -2.23. The maximum Gasteiger partial charge on any atom is 0.348 e. The van der Waals surface area contributed by atoms with E-state index in [1.165, 1.54) is 6.33 Å². The Bertz CT molecular complexity index is 471. The van der Waals surface area contributed by atoms with Crippen LogP contribution < -0.4 is 5.32 Å². The predicted molar refractivity (Wildman–Crippen MR) is 70.3 cm³/mol. The van der Waals surface area contributed by atoms with Gasteiger partial charge in [-0.25, -0.2) is 9.97 Å². The van der Waals surface area contributed by atoms with Gasteiger partial charge in [-0.3, -0.25) is 10.1 Å². The molecule has 1 aromatic heterocycles. The second-order valence-electron chi connectivity index (χ2n) is 4.37. The van der Waals surface area contributed by atoms with Crippen molar-refractivity contribution in [3.05, 3.63) is 21.6 Å². The summed E-state index contributed by atoms with van der Waals surface area (Å²) in [7, 11) is 0. The Morgan fingerprint density at radius 1 is 1.63 bits per heavy atom. The molecular weight excluding hydrogens is 272 g/mol. The number of ether oxygens (including phenoxy) is 1. The summed E-state index contributed by atoms with van der Waals surface area (Å²) in [6.07, 6.45) is 3.28. The molecule has 0 saturated carbocycles. The number of halogens is 1. The molecule has 19 heavy (non-hydrogen) atoms. The fourth-order valence-electron chi connectivity index (χ4n) is 2.25. The third-order valence-electron chi connectivity index (χ3n) is 3.24. The summed E-state index contributed by atoms with van der Waals surface area (Å²) < 4.78 is 5.57. The summed E-state index contributed by atoms with van der Waals surface area (Å²) in [5.74, 6) is 0.491. The van der Waals surface area contributed by atoms with Crippen molar-refractivity contribution >= 4 is 23.1 Å². The zero-order valence-electron chi connectivity index (χ0n) is 10.5. The molecule has 0 spiro atoms. The summed E-state index contributed by atoms with van der Waals surface area (Å²) in [5, 5.41) is 13.8. The predicted octanol–water partition coefficient (Wildman–Crippen LogP) is 2.27. The molecular formula is C11H15ClN4O3. The second-order valence-corrected chi connectivity index (χ2v) is 4.72. The number of hydrogen-bond acceptors (Lipinski definition) is 6. The van der Waals surface area contributed by atoms with Crippen molar-refractivity contribution in [2.24, 2.45) is 5.92 Å². The van der Waals surface area contributed by atoms with Gasteiger partial charge in [-0.1, -0.05) is 18.5 Å². The molecule has 0 aliphatic carbocycles. The SMILES string of the molecule is CCC1OCCC1CNc1ncnc(Cl)c1[N+](=O)[O-]. The van der Waals surface area contributed by atoms with Crippen molar-refractivity contribution in [1.82, 2.24) is 9.97 Å². The van der Waals surface area contributed by atoms with Crippen molar-refractivity contribution in [3.63, 3.8) is 0 Å². The number of nitrogens with zero attached hydrogens (tertiary/aromatic N) is 3. The van der Waals surface area contributed by atoms with Gasteiger partial charge in [-0.2, -0.15) is 0 Å². The summed E-state index contributed by atoms with van der Waals surface area (Å²) in [6, 6.07) is 0. The highest BCUT2D eigenvalue weighted by Crippen LogP contribution is 2.30. The van der Waals surface area contributed by atoms with E-state index in [0.29, 0.717) is 12.5 Å². The summed E-state index contributed by atoms with van der Waals surface area (Å²) in [6.45, 7) is 3.37. The largest absolute Gasteiger partial charge is 0.378 e. The van der Waals surface area contributed by atoms with Gasteiger partial charge in [0.15, 0.2) is 0 Å². The van der Waals surface area contributed by atoms with Crippen molar-refractivity contribution < 1.29 is 9.66 Å². The molecule has 0 bridgehead atoms. The molecule has 2 rings (SSSR count). The number of rotatable bonds is 5. The van der Waals surface area contributed by atoms with Crippen LogP contribution >= 0.6 is 11.6 Å². The van der Waals surface area contributed by atoms with Gasteiger partial charge in [0.2, 0.25) is 11.0 Å². The van der Waals surface area contributed by atoms with Crippen molar-refractivity contribution in [3.8, 4) is 0 Å². The summed E-state index contributed by atoms with van der Waals surface area (Å²) in [4.78, 5) is 17.9. The highest BCUT2D eigenvalue weighted by molar-refractivity contribution is 6.31. The zero-order chi connectivity index (χ0) is 13.8. The Balaban J connectivity index is 2.07. The Morgan fingerprint density at radius 3 is 3.11 bits per heavy atom. The molecule has 1 aromatic rings. The van der Waals surface area contributed by atoms with Gasteiger partial charge in [-0.15, -0.1) is 0 Å². The lowest BCUT2D eigenvalue weighted by atomic mass is 10.00. The summed E-state index contributed by atoms with van der Waals surface area (Å²) >= 11 is 5.72. The molecule has 2 atom stereocenters. The minimum Gasteiger partial charge on any atom is -0.378 e. The number of nitrogens with one attached hydrogen (secondary N) is 1. The Labute approximate surface area is 115 Å². The molecule has 0 amide bonds. The van der Waals surface area contributed by atoms with E-state index in [1.807, 2.05) is 0 Å². The molecule has 1 aliphatic heterocycles. The van der Waals surface area contributed by atoms with Crippen molar-refractivity contribution in [2.75, 3.05) is 18.5 Å². The van der Waals surface area contributed by atoms with E-state index in [2.05, 4.69) is 22.2 Å². The molecule has 1 saturated heterocycles. The fraction of sp³-hybridized carbons (Fsp3) is 0.636. The molecule has 0 radical (unpaired) electrons. The first-order valence-corrected chi connectivity index (χ1v) is 6.51. The zero-order valence-corrected chi connectivity index (χ0v) is 11.3. The molecule has 2 heterocycles. The van der Waals surface area contributed by atoms with Crippen LogP contribution in [0.5, 0.6) is 0 Å². The third kappa shape index (κ3) is 3.10. The molecule has 2 unspecified atom stereocenters. The first-order chi connectivity index (χ1) is 9.13. The standard InChI is InChI=1S/C11H15ClN4O3/c1-2-8-7(3-4-19-8)5-13-11-9(16(17)18)10(12)14-6-15-11/h6-8H,2-5H2,1H3,(H,13,14,15). The van der Waals surface area contributed by atoms with E-state index in [0.717, 1.165) is 19.4 Å². The van der Waals surface area contributed by atoms with Crippen LogP contribution in [0.25, 0.3) is 0 Å². The quantitative estimate of drug-likeness (QED) is 0.507. The van der Waals surface area contributed by atoms with Crippen LogP contribution in [0.2, 0.25) is 5.15 Å². The molecule has 1 fully saturated rings. The Kier molecular flexibility index (Phi) is 4.49. The topological polar surface area (TPSA) is 90.2 Å². The van der Waals surface area contributed by atoms with Crippen LogP contribution in [0.3, 0.4) is 0 Å². The molecule has 0 aromatic carbocycles. The van der Waals surface area contributed by atoms with Gasteiger partial charge in [0.05, 0.1) is 11.0 Å². The maximum absolute atomic E-state index is 10.9. The fourth-order valence-corrected chi connectivity index (χ4v) is 2.46. The molecule has 7 nitrogen and oxygen atoms in total. The minimum atomic E-state index is -0.576. The van der Waals surface area contributed by atoms with Crippen molar-refractivity contribution in [1.29, 1.82) is 0 Å². The van der Waals surface area contributed by atoms with E-state index >= 15 is 0 Å². The smallest absolute Gasteiger partial charge is 0.348 e. The third-order valence-corrected chi connectivity index (χ3v) is 3.52. The minimum absolute atomic E-state index is 0.155. The van der Waals surface area contributed by atoms with Crippen LogP contribution in [0.1, 0.15) is 19.8 Å². The van der Waals surface area contributed by atoms with E-state index in [9.17, 15) is 10.1 Å². The lowest BCUT2D eigenvalue weighted by molar-refractivity contribution is -0.384. The second kappa shape index (κ2) is 6.12. The van der Waals surface area contributed by atoms with E-state index in [1.54, 1.807) is 0 Å².